The number of aliphatic hydroxyl groups is 1. The number of hydrogen-bond donors (Lipinski definition) is 2. The lowest BCUT2D eigenvalue weighted by molar-refractivity contribution is -0.141. The van der Waals surface area contributed by atoms with Gasteiger partial charge in [0.05, 0.1) is 6.10 Å². The molecule has 0 aliphatic carbocycles. The molecule has 38 heavy (non-hydrogen) atoms. The summed E-state index contributed by atoms with van der Waals surface area (Å²) in [5.74, 6) is -2.15. The van der Waals surface area contributed by atoms with Gasteiger partial charge < -0.3 is 14.9 Å². The SMILES string of the molecule is CCC(/C=C/C1CC=CC(=O)O1)=C\C(C)C/C=C/C(C)=C/C(C)C(=O)C(C)C(O)C(C)C/C(C)=C/C(=O)O. The zero-order chi connectivity index (χ0) is 28.8. The van der Waals surface area contributed by atoms with Crippen LogP contribution < -0.4 is 0 Å². The molecule has 6 heteroatoms. The Labute approximate surface area is 228 Å². The summed E-state index contributed by atoms with van der Waals surface area (Å²) in [6.45, 7) is 13.3. The van der Waals surface area contributed by atoms with Crippen LogP contribution >= 0.6 is 0 Å². The Morgan fingerprint density at radius 3 is 2.42 bits per heavy atom. The highest BCUT2D eigenvalue weighted by Gasteiger charge is 2.29. The lowest BCUT2D eigenvalue weighted by Crippen LogP contribution is -2.34. The van der Waals surface area contributed by atoms with Crippen molar-refractivity contribution in [1.29, 1.82) is 0 Å². The van der Waals surface area contributed by atoms with Crippen LogP contribution in [0.4, 0.5) is 0 Å². The van der Waals surface area contributed by atoms with E-state index in [4.69, 9.17) is 9.84 Å². The summed E-state index contributed by atoms with van der Waals surface area (Å²) < 4.78 is 5.28. The van der Waals surface area contributed by atoms with Crippen LogP contribution in [-0.4, -0.2) is 40.1 Å². The van der Waals surface area contributed by atoms with E-state index in [1.807, 2.05) is 51.2 Å². The fourth-order valence-corrected chi connectivity index (χ4v) is 4.58. The zero-order valence-corrected chi connectivity index (χ0v) is 24.0. The molecule has 0 aromatic heterocycles. The van der Waals surface area contributed by atoms with E-state index in [1.165, 1.54) is 11.6 Å². The van der Waals surface area contributed by atoms with Gasteiger partial charge in [0, 0.05) is 30.4 Å². The lowest BCUT2D eigenvalue weighted by Gasteiger charge is -2.25. The molecule has 0 aromatic rings. The molecule has 0 saturated carbocycles. The molecule has 0 saturated heterocycles. The average Bonchev–Trinajstić information content (AvgIpc) is 2.84. The van der Waals surface area contributed by atoms with Gasteiger partial charge in [-0.25, -0.2) is 9.59 Å². The van der Waals surface area contributed by atoms with E-state index in [0.29, 0.717) is 24.3 Å². The standard InChI is InChI=1S/C32H46O6/c1-8-27(15-16-28-13-10-14-30(35)38-28)19-22(3)12-9-11-21(2)17-24(5)31(36)26(7)32(37)25(6)18-23(4)20-29(33)34/h9-11,14-17,19-20,22,24-26,28,32,37H,8,12-13,18H2,1-7H3,(H,33,34)/b11-9+,16-15+,21-17+,23-20+,27-19+. The number of esters is 1. The maximum Gasteiger partial charge on any atom is 0.331 e. The van der Waals surface area contributed by atoms with E-state index in [0.717, 1.165) is 24.5 Å². The Morgan fingerprint density at radius 2 is 1.82 bits per heavy atom. The van der Waals surface area contributed by atoms with E-state index in [2.05, 4.69) is 26.0 Å². The lowest BCUT2D eigenvalue weighted by atomic mass is 9.83. The van der Waals surface area contributed by atoms with Crippen molar-refractivity contribution in [2.75, 3.05) is 0 Å². The average molecular weight is 527 g/mol. The summed E-state index contributed by atoms with van der Waals surface area (Å²) >= 11 is 0. The van der Waals surface area contributed by atoms with Crippen LogP contribution in [0, 0.1) is 23.7 Å². The van der Waals surface area contributed by atoms with Crippen molar-refractivity contribution in [3.63, 3.8) is 0 Å². The van der Waals surface area contributed by atoms with Crippen molar-refractivity contribution in [2.24, 2.45) is 23.7 Å². The third-order valence-corrected chi connectivity index (χ3v) is 6.73. The van der Waals surface area contributed by atoms with Gasteiger partial charge in [-0.15, -0.1) is 0 Å². The monoisotopic (exact) mass is 526 g/mol. The number of carbonyl (C=O) groups excluding carboxylic acids is 2. The van der Waals surface area contributed by atoms with E-state index < -0.39 is 18.0 Å². The minimum Gasteiger partial charge on any atom is -0.478 e. The van der Waals surface area contributed by atoms with Crippen molar-refractivity contribution in [3.8, 4) is 0 Å². The number of allylic oxidation sites excluding steroid dienone is 8. The van der Waals surface area contributed by atoms with Gasteiger partial charge in [-0.1, -0.05) is 87.8 Å². The number of ketones is 1. The predicted octanol–water partition coefficient (Wildman–Crippen LogP) is 6.54. The van der Waals surface area contributed by atoms with E-state index in [1.54, 1.807) is 13.8 Å². The van der Waals surface area contributed by atoms with Gasteiger partial charge in [0.25, 0.3) is 0 Å². The highest BCUT2D eigenvalue weighted by Crippen LogP contribution is 2.24. The first kappa shape index (κ1) is 33.0. The highest BCUT2D eigenvalue weighted by atomic mass is 16.5. The molecule has 2 N–H and O–H groups in total. The Morgan fingerprint density at radius 1 is 1.13 bits per heavy atom. The van der Waals surface area contributed by atoms with Crippen LogP contribution in [0.2, 0.25) is 0 Å². The Balaban J connectivity index is 2.66. The van der Waals surface area contributed by atoms with E-state index in [9.17, 15) is 19.5 Å². The van der Waals surface area contributed by atoms with Gasteiger partial charge in [-0.2, -0.15) is 0 Å². The molecule has 1 rings (SSSR count). The second-order valence-electron chi connectivity index (χ2n) is 10.6. The van der Waals surface area contributed by atoms with E-state index in [-0.39, 0.29) is 29.7 Å². The fraction of sp³-hybridized carbons (Fsp3) is 0.531. The molecular formula is C32H46O6. The van der Waals surface area contributed by atoms with Crippen LogP contribution in [0.25, 0.3) is 0 Å². The molecule has 6 atom stereocenters. The molecule has 1 aliphatic rings. The van der Waals surface area contributed by atoms with Gasteiger partial charge in [0.15, 0.2) is 0 Å². The number of cyclic esters (lactones) is 1. The first-order valence-electron chi connectivity index (χ1n) is 13.6. The molecule has 6 unspecified atom stereocenters. The Bertz CT molecular complexity index is 993. The van der Waals surface area contributed by atoms with Crippen molar-refractivity contribution in [1.82, 2.24) is 0 Å². The van der Waals surface area contributed by atoms with Gasteiger partial charge >= 0.3 is 11.9 Å². The number of Topliss-reactive ketones (excluding diaryl/α,β-unsaturated/α-hetero) is 1. The normalized spacial score (nSPS) is 21.3. The molecule has 6 nitrogen and oxygen atoms in total. The molecular weight excluding hydrogens is 480 g/mol. The summed E-state index contributed by atoms with van der Waals surface area (Å²) in [4.78, 5) is 35.1. The topological polar surface area (TPSA) is 101 Å². The van der Waals surface area contributed by atoms with Crippen molar-refractivity contribution in [2.45, 2.75) is 86.4 Å². The summed E-state index contributed by atoms with van der Waals surface area (Å²) in [7, 11) is 0. The predicted molar refractivity (Wildman–Crippen MR) is 152 cm³/mol. The number of carboxylic acid groups (broad SMARTS) is 1. The number of rotatable bonds is 15. The van der Waals surface area contributed by atoms with Crippen LogP contribution in [0.3, 0.4) is 0 Å². The molecule has 0 fully saturated rings. The third kappa shape index (κ3) is 12.5. The van der Waals surface area contributed by atoms with Crippen molar-refractivity contribution >= 4 is 17.7 Å². The van der Waals surface area contributed by atoms with E-state index >= 15 is 0 Å². The van der Waals surface area contributed by atoms with Crippen LogP contribution in [0.1, 0.15) is 74.1 Å². The number of aliphatic hydroxyl groups excluding tert-OH is 1. The maximum atomic E-state index is 12.9. The zero-order valence-electron chi connectivity index (χ0n) is 24.0. The Kier molecular flexibility index (Phi) is 14.6. The Hall–Kier alpha value is -2.99. The summed E-state index contributed by atoms with van der Waals surface area (Å²) in [5.41, 5.74) is 2.84. The fourth-order valence-electron chi connectivity index (χ4n) is 4.58. The van der Waals surface area contributed by atoms with Crippen LogP contribution in [0.5, 0.6) is 0 Å². The van der Waals surface area contributed by atoms with Crippen molar-refractivity contribution < 1.29 is 29.3 Å². The number of carboxylic acids is 1. The summed E-state index contributed by atoms with van der Waals surface area (Å²) in [5, 5.41) is 19.6. The number of carbonyl (C=O) groups is 3. The van der Waals surface area contributed by atoms with Gasteiger partial charge in [0.2, 0.25) is 0 Å². The molecule has 210 valence electrons. The molecule has 0 bridgehead atoms. The molecule has 0 aromatic carbocycles. The summed E-state index contributed by atoms with van der Waals surface area (Å²) in [6, 6.07) is 0. The third-order valence-electron chi connectivity index (χ3n) is 6.73. The van der Waals surface area contributed by atoms with Crippen LogP contribution in [0.15, 0.2) is 71.4 Å². The number of hydrogen-bond acceptors (Lipinski definition) is 5. The first-order valence-corrected chi connectivity index (χ1v) is 13.6. The molecule has 1 heterocycles. The molecule has 0 spiro atoms. The van der Waals surface area contributed by atoms with Crippen LogP contribution in [-0.2, 0) is 19.1 Å². The highest BCUT2D eigenvalue weighted by molar-refractivity contribution is 5.85. The molecule has 0 radical (unpaired) electrons. The first-order chi connectivity index (χ1) is 17.8. The largest absolute Gasteiger partial charge is 0.478 e. The molecule has 0 amide bonds. The second kappa shape index (κ2) is 16.8. The molecule has 1 aliphatic heterocycles. The van der Waals surface area contributed by atoms with Gasteiger partial charge in [0.1, 0.15) is 11.9 Å². The smallest absolute Gasteiger partial charge is 0.331 e. The second-order valence-corrected chi connectivity index (χ2v) is 10.6. The minimum absolute atomic E-state index is 0.0354. The van der Waals surface area contributed by atoms with Gasteiger partial charge in [-0.05, 0) is 51.0 Å². The number of ether oxygens (including phenoxy) is 1. The maximum absolute atomic E-state index is 12.9. The quantitative estimate of drug-likeness (QED) is 0.143. The number of aliphatic carboxylic acids is 1. The van der Waals surface area contributed by atoms with Gasteiger partial charge in [-0.3, -0.25) is 4.79 Å². The minimum atomic E-state index is -1.01. The van der Waals surface area contributed by atoms with Crippen molar-refractivity contribution in [3.05, 3.63) is 71.4 Å². The summed E-state index contributed by atoms with van der Waals surface area (Å²) in [6.07, 6.45) is 18.5.